The summed E-state index contributed by atoms with van der Waals surface area (Å²) in [5, 5.41) is 0. The summed E-state index contributed by atoms with van der Waals surface area (Å²) in [6.45, 7) is 4.50. The Kier molecular flexibility index (Phi) is 5.43. The number of ether oxygens (including phenoxy) is 2. The predicted octanol–water partition coefficient (Wildman–Crippen LogP) is 3.91. The number of piperidine rings is 1. The van der Waals surface area contributed by atoms with Crippen LogP contribution in [0.1, 0.15) is 29.0 Å². The van der Waals surface area contributed by atoms with Crippen LogP contribution >= 0.6 is 0 Å². The first-order valence-electron chi connectivity index (χ1n) is 10.0. The molecule has 1 saturated heterocycles. The topological polar surface area (TPSA) is 56.6 Å². The van der Waals surface area contributed by atoms with Crippen molar-refractivity contribution in [3.8, 4) is 11.5 Å². The lowest BCUT2D eigenvalue weighted by atomic mass is 9.96. The van der Waals surface area contributed by atoms with Crippen LogP contribution in [0.2, 0.25) is 0 Å². The molecule has 6 heteroatoms. The molecule has 0 N–H and O–H groups in total. The van der Waals surface area contributed by atoms with E-state index < -0.39 is 0 Å². The molecule has 1 fully saturated rings. The van der Waals surface area contributed by atoms with Crippen LogP contribution in [0.4, 0.5) is 0 Å². The Hall–Kier alpha value is -3.02. The highest BCUT2D eigenvalue weighted by Crippen LogP contribution is 2.32. The lowest BCUT2D eigenvalue weighted by Gasteiger charge is -2.33. The van der Waals surface area contributed by atoms with Gasteiger partial charge in [-0.25, -0.2) is 4.98 Å². The normalized spacial score (nSPS) is 14.9. The van der Waals surface area contributed by atoms with Crippen LogP contribution in [0.3, 0.4) is 0 Å². The second kappa shape index (κ2) is 8.15. The summed E-state index contributed by atoms with van der Waals surface area (Å²) < 4.78 is 13.1. The van der Waals surface area contributed by atoms with E-state index in [4.69, 9.17) is 9.47 Å². The number of para-hydroxylation sites is 3. The van der Waals surface area contributed by atoms with E-state index in [-0.39, 0.29) is 5.91 Å². The molecule has 0 unspecified atom stereocenters. The first-order chi connectivity index (χ1) is 14.1. The second-order valence-electron chi connectivity index (χ2n) is 7.53. The lowest BCUT2D eigenvalue weighted by Crippen LogP contribution is -2.39. The fraction of sp³-hybridized carbons (Fsp3) is 0.391. The Bertz CT molecular complexity index is 1020. The van der Waals surface area contributed by atoms with E-state index >= 15 is 0 Å². The number of benzene rings is 2. The van der Waals surface area contributed by atoms with Crippen LogP contribution in [0.15, 0.2) is 42.5 Å². The average Bonchev–Trinajstić information content (AvgIpc) is 3.08. The van der Waals surface area contributed by atoms with Gasteiger partial charge in [-0.05, 0) is 49.9 Å². The van der Waals surface area contributed by atoms with Crippen LogP contribution in [-0.4, -0.2) is 47.7 Å². The largest absolute Gasteiger partial charge is 0.493 e. The predicted molar refractivity (Wildman–Crippen MR) is 113 cm³/mol. The molecule has 1 aromatic heterocycles. The highest BCUT2D eigenvalue weighted by atomic mass is 16.5. The van der Waals surface area contributed by atoms with E-state index in [1.54, 1.807) is 26.4 Å². The summed E-state index contributed by atoms with van der Waals surface area (Å²) in [5.41, 5.74) is 2.79. The Morgan fingerprint density at radius 2 is 1.83 bits per heavy atom. The van der Waals surface area contributed by atoms with Crippen molar-refractivity contribution >= 4 is 16.9 Å². The molecule has 0 saturated carbocycles. The van der Waals surface area contributed by atoms with E-state index in [1.807, 2.05) is 17.0 Å². The van der Waals surface area contributed by atoms with E-state index in [1.165, 1.54) is 5.52 Å². The minimum Gasteiger partial charge on any atom is -0.493 e. The van der Waals surface area contributed by atoms with Crippen LogP contribution in [0.5, 0.6) is 11.5 Å². The molecule has 2 aromatic carbocycles. The molecule has 0 bridgehead atoms. The van der Waals surface area contributed by atoms with Gasteiger partial charge in [0.15, 0.2) is 11.5 Å². The average molecular weight is 393 g/mol. The summed E-state index contributed by atoms with van der Waals surface area (Å²) in [4.78, 5) is 19.7. The van der Waals surface area contributed by atoms with Gasteiger partial charge in [0.1, 0.15) is 5.82 Å². The van der Waals surface area contributed by atoms with Gasteiger partial charge in [0.25, 0.3) is 5.91 Å². The number of carbonyl (C=O) groups is 1. The number of carbonyl (C=O) groups excluding carboxylic acids is 1. The Morgan fingerprint density at radius 1 is 1.07 bits per heavy atom. The fourth-order valence-corrected chi connectivity index (χ4v) is 4.23. The zero-order chi connectivity index (χ0) is 20.4. The molecule has 1 aliphatic rings. The maximum Gasteiger partial charge on any atom is 0.257 e. The maximum absolute atomic E-state index is 13.1. The number of hydrogen-bond acceptors (Lipinski definition) is 4. The number of aromatic nitrogens is 2. The molecule has 1 amide bonds. The number of nitrogens with zero attached hydrogens (tertiary/aromatic N) is 3. The van der Waals surface area contributed by atoms with Crippen molar-refractivity contribution in [2.75, 3.05) is 27.3 Å². The van der Waals surface area contributed by atoms with Crippen molar-refractivity contribution in [1.29, 1.82) is 0 Å². The molecule has 0 aliphatic carbocycles. The van der Waals surface area contributed by atoms with Crippen LogP contribution in [-0.2, 0) is 6.54 Å². The number of fused-ring (bicyclic) bond motifs is 1. The first-order valence-corrected chi connectivity index (χ1v) is 10.0. The lowest BCUT2D eigenvalue weighted by molar-refractivity contribution is 0.0679. The van der Waals surface area contributed by atoms with Crippen LogP contribution in [0.25, 0.3) is 11.0 Å². The molecule has 0 radical (unpaired) electrons. The summed E-state index contributed by atoms with van der Waals surface area (Å²) >= 11 is 0. The third-order valence-electron chi connectivity index (χ3n) is 5.82. The number of aryl methyl sites for hydroxylation is 1. The smallest absolute Gasteiger partial charge is 0.257 e. The number of rotatable bonds is 5. The summed E-state index contributed by atoms with van der Waals surface area (Å²) in [6, 6.07) is 13.7. The van der Waals surface area contributed by atoms with Gasteiger partial charge >= 0.3 is 0 Å². The quantitative estimate of drug-likeness (QED) is 0.659. The number of likely N-dealkylation sites (tertiary alicyclic amines) is 1. The molecule has 0 spiro atoms. The Morgan fingerprint density at radius 3 is 2.55 bits per heavy atom. The summed E-state index contributed by atoms with van der Waals surface area (Å²) in [5.74, 6) is 2.66. The van der Waals surface area contributed by atoms with Gasteiger partial charge in [0.05, 0.1) is 30.8 Å². The molecule has 2 heterocycles. The molecular weight excluding hydrogens is 366 g/mol. The maximum atomic E-state index is 13.1. The zero-order valence-electron chi connectivity index (χ0n) is 17.2. The highest BCUT2D eigenvalue weighted by Gasteiger charge is 2.27. The van der Waals surface area contributed by atoms with E-state index in [9.17, 15) is 4.79 Å². The van der Waals surface area contributed by atoms with E-state index in [0.717, 1.165) is 43.8 Å². The van der Waals surface area contributed by atoms with Crippen molar-refractivity contribution in [2.24, 2.45) is 5.92 Å². The van der Waals surface area contributed by atoms with Gasteiger partial charge in [-0.15, -0.1) is 0 Å². The van der Waals surface area contributed by atoms with Crippen molar-refractivity contribution in [3.05, 3.63) is 53.9 Å². The SMILES string of the molecule is COc1cccc(C(=O)N2CCC(Cn3c(C)nc4ccccc43)CC2)c1OC. The molecule has 1 aliphatic heterocycles. The standard InChI is InChI=1S/C23H27N3O3/c1-16-24-19-8-4-5-9-20(19)26(16)15-17-11-13-25(14-12-17)23(27)18-7-6-10-21(28-2)22(18)29-3/h4-10,17H,11-15H2,1-3H3. The number of hydrogen-bond donors (Lipinski definition) is 0. The molecule has 3 aromatic rings. The number of methoxy groups -OCH3 is 2. The number of amides is 1. The molecule has 6 nitrogen and oxygen atoms in total. The van der Waals surface area contributed by atoms with E-state index in [2.05, 4.69) is 34.7 Å². The number of imidazole rings is 1. The molecule has 152 valence electrons. The fourth-order valence-electron chi connectivity index (χ4n) is 4.23. The Balaban J connectivity index is 1.44. The van der Waals surface area contributed by atoms with Crippen molar-refractivity contribution in [2.45, 2.75) is 26.3 Å². The van der Waals surface area contributed by atoms with Crippen LogP contribution in [0, 0.1) is 12.8 Å². The van der Waals surface area contributed by atoms with Crippen molar-refractivity contribution < 1.29 is 14.3 Å². The van der Waals surface area contributed by atoms with Gasteiger partial charge in [-0.3, -0.25) is 4.79 Å². The highest BCUT2D eigenvalue weighted by molar-refractivity contribution is 5.97. The summed E-state index contributed by atoms with van der Waals surface area (Å²) in [7, 11) is 3.15. The first kappa shape index (κ1) is 19.3. The second-order valence-corrected chi connectivity index (χ2v) is 7.53. The van der Waals surface area contributed by atoms with Gasteiger partial charge in [0.2, 0.25) is 0 Å². The van der Waals surface area contributed by atoms with Crippen molar-refractivity contribution in [1.82, 2.24) is 14.5 Å². The van der Waals surface area contributed by atoms with E-state index in [0.29, 0.717) is 23.0 Å². The zero-order valence-corrected chi connectivity index (χ0v) is 17.2. The molecule has 0 atom stereocenters. The molecule has 29 heavy (non-hydrogen) atoms. The van der Waals surface area contributed by atoms with Gasteiger partial charge in [-0.2, -0.15) is 0 Å². The third-order valence-corrected chi connectivity index (χ3v) is 5.82. The monoisotopic (exact) mass is 393 g/mol. The van der Waals surface area contributed by atoms with Crippen LogP contribution < -0.4 is 9.47 Å². The molecular formula is C23H27N3O3. The minimum atomic E-state index is 0.00320. The van der Waals surface area contributed by atoms with Gasteiger partial charge < -0.3 is 18.9 Å². The Labute approximate surface area is 171 Å². The third kappa shape index (κ3) is 3.67. The minimum absolute atomic E-state index is 0.00320. The molecule has 4 rings (SSSR count). The van der Waals surface area contributed by atoms with Gasteiger partial charge in [-0.1, -0.05) is 18.2 Å². The summed E-state index contributed by atoms with van der Waals surface area (Å²) in [6.07, 6.45) is 1.95. The van der Waals surface area contributed by atoms with Crippen molar-refractivity contribution in [3.63, 3.8) is 0 Å². The van der Waals surface area contributed by atoms with Gasteiger partial charge in [0, 0.05) is 19.6 Å².